The molecule has 1 amide bonds. The number of aryl methyl sites for hydroxylation is 1. The van der Waals surface area contributed by atoms with Gasteiger partial charge in [0.1, 0.15) is 0 Å². The number of carbonyl (C=O) groups is 1. The SMILES string of the molecule is CCc1ccsc1CNc1cc(C(N)=O)ccc1N. The number of benzene rings is 1. The molecular weight excluding hydrogens is 258 g/mol. The van der Waals surface area contributed by atoms with Gasteiger partial charge < -0.3 is 16.8 Å². The van der Waals surface area contributed by atoms with E-state index >= 15 is 0 Å². The molecule has 2 rings (SSSR count). The Labute approximate surface area is 116 Å². The Morgan fingerprint density at radius 3 is 2.84 bits per heavy atom. The Morgan fingerprint density at radius 2 is 2.16 bits per heavy atom. The maximum Gasteiger partial charge on any atom is 0.248 e. The lowest BCUT2D eigenvalue weighted by Gasteiger charge is -2.10. The summed E-state index contributed by atoms with van der Waals surface area (Å²) in [6.07, 6.45) is 1.01. The fourth-order valence-corrected chi connectivity index (χ4v) is 2.79. The number of thiophene rings is 1. The third-order valence-electron chi connectivity index (χ3n) is 3.00. The average Bonchev–Trinajstić information content (AvgIpc) is 2.85. The zero-order valence-corrected chi connectivity index (χ0v) is 11.6. The van der Waals surface area contributed by atoms with Crippen molar-refractivity contribution in [1.29, 1.82) is 0 Å². The number of carbonyl (C=O) groups excluding carboxylic acids is 1. The first-order chi connectivity index (χ1) is 9.11. The second-order valence-corrected chi connectivity index (χ2v) is 5.24. The van der Waals surface area contributed by atoms with Gasteiger partial charge >= 0.3 is 0 Å². The quantitative estimate of drug-likeness (QED) is 0.734. The summed E-state index contributed by atoms with van der Waals surface area (Å²) >= 11 is 1.71. The summed E-state index contributed by atoms with van der Waals surface area (Å²) < 4.78 is 0. The molecule has 4 nitrogen and oxygen atoms in total. The Morgan fingerprint density at radius 1 is 1.37 bits per heavy atom. The molecule has 5 heteroatoms. The van der Waals surface area contributed by atoms with Crippen LogP contribution in [0.3, 0.4) is 0 Å². The van der Waals surface area contributed by atoms with Gasteiger partial charge in [-0.3, -0.25) is 4.79 Å². The molecule has 100 valence electrons. The third-order valence-corrected chi connectivity index (χ3v) is 3.96. The van der Waals surface area contributed by atoms with Crippen molar-refractivity contribution in [1.82, 2.24) is 0 Å². The molecule has 5 N–H and O–H groups in total. The standard InChI is InChI=1S/C14H17N3OS/c1-2-9-5-6-19-13(9)8-17-12-7-10(14(16)18)3-4-11(12)15/h3-7,17H,2,8,15H2,1H3,(H2,16,18). The molecule has 0 fully saturated rings. The zero-order valence-electron chi connectivity index (χ0n) is 10.8. The van der Waals surface area contributed by atoms with Crippen LogP contribution in [0.1, 0.15) is 27.7 Å². The van der Waals surface area contributed by atoms with Crippen molar-refractivity contribution >= 4 is 28.6 Å². The van der Waals surface area contributed by atoms with Crippen LogP contribution in [-0.4, -0.2) is 5.91 Å². The van der Waals surface area contributed by atoms with E-state index in [4.69, 9.17) is 11.5 Å². The van der Waals surface area contributed by atoms with Crippen LogP contribution in [0.4, 0.5) is 11.4 Å². The Bertz CT molecular complexity index is 592. The number of primary amides is 1. The largest absolute Gasteiger partial charge is 0.397 e. The Balaban J connectivity index is 2.15. The summed E-state index contributed by atoms with van der Waals surface area (Å²) in [5.41, 5.74) is 14.3. The molecule has 0 spiro atoms. The van der Waals surface area contributed by atoms with Crippen molar-refractivity contribution < 1.29 is 4.79 Å². The fraction of sp³-hybridized carbons (Fsp3) is 0.214. The van der Waals surface area contributed by atoms with Gasteiger partial charge in [-0.1, -0.05) is 6.92 Å². The van der Waals surface area contributed by atoms with E-state index in [0.29, 0.717) is 17.8 Å². The number of nitrogens with one attached hydrogen (secondary N) is 1. The van der Waals surface area contributed by atoms with Gasteiger partial charge in [0.2, 0.25) is 5.91 Å². The lowest BCUT2D eigenvalue weighted by molar-refractivity contribution is 0.100. The van der Waals surface area contributed by atoms with Crippen LogP contribution in [0.15, 0.2) is 29.6 Å². The topological polar surface area (TPSA) is 81.1 Å². The van der Waals surface area contributed by atoms with E-state index in [1.54, 1.807) is 29.5 Å². The van der Waals surface area contributed by atoms with Crippen molar-refractivity contribution in [2.45, 2.75) is 19.9 Å². The lowest BCUT2D eigenvalue weighted by Crippen LogP contribution is -2.12. The molecule has 1 heterocycles. The number of amides is 1. The molecule has 1 aromatic heterocycles. The smallest absolute Gasteiger partial charge is 0.248 e. The van der Waals surface area contributed by atoms with Crippen LogP contribution in [0.5, 0.6) is 0 Å². The molecule has 1 aromatic carbocycles. The van der Waals surface area contributed by atoms with Crippen LogP contribution < -0.4 is 16.8 Å². The van der Waals surface area contributed by atoms with E-state index in [9.17, 15) is 4.79 Å². The van der Waals surface area contributed by atoms with Gasteiger partial charge in [-0.2, -0.15) is 0 Å². The summed E-state index contributed by atoms with van der Waals surface area (Å²) in [7, 11) is 0. The molecule has 0 aliphatic rings. The van der Waals surface area contributed by atoms with Crippen molar-refractivity contribution in [2.75, 3.05) is 11.1 Å². The zero-order chi connectivity index (χ0) is 13.8. The molecule has 0 bridgehead atoms. The number of hydrogen-bond donors (Lipinski definition) is 3. The van der Waals surface area contributed by atoms with Gasteiger partial charge in [0.05, 0.1) is 11.4 Å². The summed E-state index contributed by atoms with van der Waals surface area (Å²) in [6, 6.07) is 7.14. The van der Waals surface area contributed by atoms with Gasteiger partial charge in [0, 0.05) is 17.0 Å². The maximum atomic E-state index is 11.2. The molecule has 0 radical (unpaired) electrons. The average molecular weight is 275 g/mol. The highest BCUT2D eigenvalue weighted by Crippen LogP contribution is 2.23. The van der Waals surface area contributed by atoms with Gasteiger partial charge in [-0.25, -0.2) is 0 Å². The lowest BCUT2D eigenvalue weighted by atomic mass is 10.1. The first-order valence-corrected chi connectivity index (χ1v) is 6.98. The van der Waals surface area contributed by atoms with Crippen LogP contribution in [0.25, 0.3) is 0 Å². The molecular formula is C14H17N3OS. The van der Waals surface area contributed by atoms with E-state index in [2.05, 4.69) is 23.7 Å². The molecule has 0 aliphatic heterocycles. The summed E-state index contributed by atoms with van der Waals surface area (Å²) in [4.78, 5) is 12.4. The summed E-state index contributed by atoms with van der Waals surface area (Å²) in [5, 5.41) is 5.35. The Hall–Kier alpha value is -2.01. The third kappa shape index (κ3) is 3.06. The van der Waals surface area contributed by atoms with Crippen molar-refractivity contribution in [3.05, 3.63) is 45.6 Å². The number of hydrogen-bond acceptors (Lipinski definition) is 4. The number of rotatable bonds is 5. The molecule has 19 heavy (non-hydrogen) atoms. The Kier molecular flexibility index (Phi) is 4.06. The van der Waals surface area contributed by atoms with E-state index in [1.807, 2.05) is 0 Å². The molecule has 2 aromatic rings. The second kappa shape index (κ2) is 5.75. The van der Waals surface area contributed by atoms with Crippen LogP contribution >= 0.6 is 11.3 Å². The van der Waals surface area contributed by atoms with E-state index in [0.717, 1.165) is 12.1 Å². The minimum absolute atomic E-state index is 0.451. The highest BCUT2D eigenvalue weighted by atomic mass is 32.1. The van der Waals surface area contributed by atoms with Gasteiger partial charge in [0.15, 0.2) is 0 Å². The van der Waals surface area contributed by atoms with Crippen molar-refractivity contribution in [3.63, 3.8) is 0 Å². The maximum absolute atomic E-state index is 11.2. The van der Waals surface area contributed by atoms with E-state index in [-0.39, 0.29) is 0 Å². The van der Waals surface area contributed by atoms with Gasteiger partial charge in [-0.15, -0.1) is 11.3 Å². The fourth-order valence-electron chi connectivity index (χ4n) is 1.88. The van der Waals surface area contributed by atoms with Crippen molar-refractivity contribution in [2.24, 2.45) is 5.73 Å². The van der Waals surface area contributed by atoms with Gasteiger partial charge in [0.25, 0.3) is 0 Å². The molecule has 0 saturated carbocycles. The minimum atomic E-state index is -0.451. The van der Waals surface area contributed by atoms with Crippen LogP contribution in [0.2, 0.25) is 0 Å². The molecule has 0 aliphatic carbocycles. The minimum Gasteiger partial charge on any atom is -0.397 e. The van der Waals surface area contributed by atoms with Crippen LogP contribution in [-0.2, 0) is 13.0 Å². The highest BCUT2D eigenvalue weighted by molar-refractivity contribution is 7.10. The highest BCUT2D eigenvalue weighted by Gasteiger charge is 2.07. The molecule has 0 atom stereocenters. The van der Waals surface area contributed by atoms with Gasteiger partial charge in [-0.05, 0) is 41.6 Å². The summed E-state index contributed by atoms with van der Waals surface area (Å²) in [5.74, 6) is -0.451. The van der Waals surface area contributed by atoms with E-state index < -0.39 is 5.91 Å². The number of nitrogens with two attached hydrogens (primary N) is 2. The molecule has 0 unspecified atom stereocenters. The molecule has 0 saturated heterocycles. The predicted molar refractivity (Wildman–Crippen MR) is 80.4 cm³/mol. The number of nitrogen functional groups attached to an aromatic ring is 1. The normalized spacial score (nSPS) is 10.4. The first kappa shape index (κ1) is 13.4. The van der Waals surface area contributed by atoms with Crippen molar-refractivity contribution in [3.8, 4) is 0 Å². The monoisotopic (exact) mass is 275 g/mol. The first-order valence-electron chi connectivity index (χ1n) is 6.10. The predicted octanol–water partition coefficient (Wildman–Crippen LogP) is 2.60. The van der Waals surface area contributed by atoms with E-state index in [1.165, 1.54) is 10.4 Å². The number of anilines is 2. The summed E-state index contributed by atoms with van der Waals surface area (Å²) in [6.45, 7) is 2.83. The van der Waals surface area contributed by atoms with Crippen LogP contribution in [0, 0.1) is 0 Å². The second-order valence-electron chi connectivity index (χ2n) is 4.24.